The van der Waals surface area contributed by atoms with Crippen LogP contribution in [-0.4, -0.2) is 31.5 Å². The number of aromatic nitrogens is 4. The zero-order valence-corrected chi connectivity index (χ0v) is 11.7. The van der Waals surface area contributed by atoms with Crippen LogP contribution in [0.1, 0.15) is 35.6 Å². The van der Waals surface area contributed by atoms with Gasteiger partial charge in [-0.2, -0.15) is 23.4 Å². The molecule has 8 heteroatoms. The molecule has 0 fully saturated rings. The minimum Gasteiger partial charge on any atom is -0.284 e. The van der Waals surface area contributed by atoms with Crippen molar-refractivity contribution < 1.29 is 18.0 Å². The average molecular weight is 300 g/mol. The molecular weight excluding hydrogens is 285 g/mol. The van der Waals surface area contributed by atoms with Gasteiger partial charge in [-0.1, -0.05) is 6.92 Å². The molecule has 0 spiro atoms. The number of alkyl halides is 3. The number of Topliss-reactive ketones (excluding diaryl/α,β-unsaturated/α-hetero) is 1. The van der Waals surface area contributed by atoms with Gasteiger partial charge in [0.2, 0.25) is 0 Å². The molecule has 114 valence electrons. The Morgan fingerprint density at radius 2 is 2.05 bits per heavy atom. The number of nitrogens with zero attached hydrogens (tertiary/aromatic N) is 4. The molecule has 0 amide bonds. The molecule has 0 atom stereocenters. The largest absolute Gasteiger partial charge is 0.454 e. The summed E-state index contributed by atoms with van der Waals surface area (Å²) in [4.78, 5) is 11.1. The summed E-state index contributed by atoms with van der Waals surface area (Å²) >= 11 is 0. The zero-order chi connectivity index (χ0) is 15.6. The van der Waals surface area contributed by atoms with Crippen molar-refractivity contribution in [2.75, 3.05) is 0 Å². The summed E-state index contributed by atoms with van der Waals surface area (Å²) in [6.45, 7) is 4.83. The first-order valence-corrected chi connectivity index (χ1v) is 6.54. The van der Waals surface area contributed by atoms with Crippen molar-refractivity contribution in [2.24, 2.45) is 0 Å². The third kappa shape index (κ3) is 3.32. The van der Waals surface area contributed by atoms with E-state index in [4.69, 9.17) is 0 Å². The molecule has 0 radical (unpaired) electrons. The number of halogens is 3. The maximum Gasteiger partial charge on any atom is 0.454 e. The Morgan fingerprint density at radius 3 is 2.62 bits per heavy atom. The van der Waals surface area contributed by atoms with Crippen molar-refractivity contribution in [2.45, 2.75) is 39.5 Å². The molecule has 0 saturated heterocycles. The molecule has 2 heterocycles. The molecule has 0 unspecified atom stereocenters. The van der Waals surface area contributed by atoms with Crippen molar-refractivity contribution in [1.29, 1.82) is 0 Å². The van der Waals surface area contributed by atoms with Crippen LogP contribution in [0, 0.1) is 0 Å². The Bertz CT molecular complexity index is 642. The fraction of sp³-hybridized carbons (Fsp3) is 0.462. The van der Waals surface area contributed by atoms with Gasteiger partial charge in [-0.3, -0.25) is 14.2 Å². The molecule has 2 aromatic heterocycles. The number of ketones is 1. The maximum atomic E-state index is 12.3. The van der Waals surface area contributed by atoms with E-state index in [1.807, 2.05) is 19.9 Å². The number of carbonyl (C=O) groups excluding carboxylic acids is 1. The van der Waals surface area contributed by atoms with E-state index in [9.17, 15) is 18.0 Å². The summed E-state index contributed by atoms with van der Waals surface area (Å²) in [6, 6.07) is 1.89. The van der Waals surface area contributed by atoms with E-state index >= 15 is 0 Å². The van der Waals surface area contributed by atoms with Gasteiger partial charge in [0.25, 0.3) is 5.78 Å². The van der Waals surface area contributed by atoms with E-state index < -0.39 is 17.5 Å². The summed E-state index contributed by atoms with van der Waals surface area (Å²) < 4.78 is 40.1. The van der Waals surface area contributed by atoms with E-state index in [1.165, 1.54) is 4.68 Å². The molecule has 21 heavy (non-hydrogen) atoms. The van der Waals surface area contributed by atoms with Crippen LogP contribution < -0.4 is 0 Å². The second kappa shape index (κ2) is 5.71. The Balaban J connectivity index is 2.20. The van der Waals surface area contributed by atoms with Crippen molar-refractivity contribution >= 4 is 5.78 Å². The predicted molar refractivity (Wildman–Crippen MR) is 69.0 cm³/mol. The van der Waals surface area contributed by atoms with Gasteiger partial charge in [0.1, 0.15) is 0 Å². The van der Waals surface area contributed by atoms with Gasteiger partial charge in [-0.15, -0.1) is 0 Å². The number of carbonyl (C=O) groups is 1. The predicted octanol–water partition coefficient (Wildman–Crippen LogP) is 2.46. The van der Waals surface area contributed by atoms with Gasteiger partial charge in [-0.05, 0) is 19.4 Å². The number of hydrogen-bond donors (Lipinski definition) is 0. The molecule has 5 nitrogen and oxygen atoms in total. The molecule has 2 rings (SSSR count). The number of hydrogen-bond acceptors (Lipinski definition) is 3. The van der Waals surface area contributed by atoms with Gasteiger partial charge in [0, 0.05) is 12.7 Å². The Labute approximate surface area is 119 Å². The van der Waals surface area contributed by atoms with Crippen LogP contribution in [0.15, 0.2) is 18.5 Å². The van der Waals surface area contributed by atoms with Crippen molar-refractivity contribution in [3.8, 4) is 0 Å². The van der Waals surface area contributed by atoms with Crippen molar-refractivity contribution in [3.05, 3.63) is 35.4 Å². The summed E-state index contributed by atoms with van der Waals surface area (Å²) in [6.07, 6.45) is -2.07. The van der Waals surface area contributed by atoms with Crippen LogP contribution >= 0.6 is 0 Å². The quantitative estimate of drug-likeness (QED) is 0.797. The highest BCUT2D eigenvalue weighted by Crippen LogP contribution is 2.21. The van der Waals surface area contributed by atoms with Gasteiger partial charge in [-0.25, -0.2) is 0 Å². The molecule has 2 aromatic rings. The normalized spacial score (nSPS) is 11.9. The minimum absolute atomic E-state index is 0.270. The van der Waals surface area contributed by atoms with E-state index in [1.54, 1.807) is 4.68 Å². The first-order chi connectivity index (χ1) is 9.85. The summed E-state index contributed by atoms with van der Waals surface area (Å²) in [5.41, 5.74) is 1.29. The standard InChI is InChI=1S/C13H15F3N4O/c1-3-10-5-11(20(4-2)18-10)8-19-7-9(6-17-19)12(21)13(14,15)16/h5-7H,3-4,8H2,1-2H3. The van der Waals surface area contributed by atoms with Crippen molar-refractivity contribution in [1.82, 2.24) is 19.6 Å². The smallest absolute Gasteiger partial charge is 0.284 e. The Hall–Kier alpha value is -2.12. The molecule has 0 aliphatic heterocycles. The molecule has 0 aromatic carbocycles. The SMILES string of the molecule is CCc1cc(Cn2cc(C(=O)C(F)(F)F)cn2)n(CC)n1. The lowest BCUT2D eigenvalue weighted by molar-refractivity contribution is -0.0885. The molecule has 0 aliphatic carbocycles. The van der Waals surface area contributed by atoms with Crippen LogP contribution in [0.4, 0.5) is 13.2 Å². The maximum absolute atomic E-state index is 12.3. The van der Waals surface area contributed by atoms with Crippen LogP contribution in [0.2, 0.25) is 0 Å². The monoisotopic (exact) mass is 300 g/mol. The van der Waals surface area contributed by atoms with Crippen LogP contribution in [0.3, 0.4) is 0 Å². The average Bonchev–Trinajstić information content (AvgIpc) is 3.03. The first kappa shape index (κ1) is 15.3. The zero-order valence-electron chi connectivity index (χ0n) is 11.7. The van der Waals surface area contributed by atoms with Crippen LogP contribution in [0.25, 0.3) is 0 Å². The third-order valence-corrected chi connectivity index (χ3v) is 3.05. The lowest BCUT2D eigenvalue weighted by Gasteiger charge is -2.04. The molecule has 0 N–H and O–H groups in total. The van der Waals surface area contributed by atoms with Gasteiger partial charge in [0.15, 0.2) is 0 Å². The second-order valence-corrected chi connectivity index (χ2v) is 4.55. The lowest BCUT2D eigenvalue weighted by Crippen LogP contribution is -2.22. The topological polar surface area (TPSA) is 52.7 Å². The first-order valence-electron chi connectivity index (χ1n) is 6.54. The number of aryl methyl sites for hydroxylation is 2. The molecule has 0 aliphatic rings. The minimum atomic E-state index is -4.88. The fourth-order valence-corrected chi connectivity index (χ4v) is 1.99. The highest BCUT2D eigenvalue weighted by Gasteiger charge is 2.39. The van der Waals surface area contributed by atoms with Crippen LogP contribution in [-0.2, 0) is 19.5 Å². The van der Waals surface area contributed by atoms with Crippen LogP contribution in [0.5, 0.6) is 0 Å². The summed E-state index contributed by atoms with van der Waals surface area (Å²) in [5, 5.41) is 8.16. The molecular formula is C13H15F3N4O. The Morgan fingerprint density at radius 1 is 1.33 bits per heavy atom. The number of rotatable bonds is 5. The van der Waals surface area contributed by atoms with E-state index in [0.717, 1.165) is 30.2 Å². The highest BCUT2D eigenvalue weighted by molar-refractivity contribution is 5.99. The lowest BCUT2D eigenvalue weighted by atomic mass is 10.2. The van der Waals surface area contributed by atoms with E-state index in [-0.39, 0.29) is 6.54 Å². The molecule has 0 bridgehead atoms. The molecule has 0 saturated carbocycles. The van der Waals surface area contributed by atoms with E-state index in [2.05, 4.69) is 10.2 Å². The van der Waals surface area contributed by atoms with Gasteiger partial charge >= 0.3 is 6.18 Å². The third-order valence-electron chi connectivity index (χ3n) is 3.05. The Kier molecular flexibility index (Phi) is 4.15. The second-order valence-electron chi connectivity index (χ2n) is 4.55. The van der Waals surface area contributed by atoms with E-state index in [0.29, 0.717) is 6.54 Å². The summed E-state index contributed by atoms with van der Waals surface area (Å²) in [5.74, 6) is -1.88. The van der Waals surface area contributed by atoms with Crippen molar-refractivity contribution in [3.63, 3.8) is 0 Å². The summed E-state index contributed by atoms with van der Waals surface area (Å²) in [7, 11) is 0. The van der Waals surface area contributed by atoms with Gasteiger partial charge in [0.05, 0.1) is 29.7 Å². The highest BCUT2D eigenvalue weighted by atomic mass is 19.4. The fourth-order valence-electron chi connectivity index (χ4n) is 1.99. The van der Waals surface area contributed by atoms with Gasteiger partial charge < -0.3 is 0 Å².